The quantitative estimate of drug-likeness (QED) is 0.351. The Morgan fingerprint density at radius 2 is 1.62 bits per heavy atom. The highest BCUT2D eigenvalue weighted by Crippen LogP contribution is 2.36. The van der Waals surface area contributed by atoms with Crippen LogP contribution < -0.4 is 5.32 Å². The second-order valence-corrected chi connectivity index (χ2v) is 9.01. The van der Waals surface area contributed by atoms with E-state index in [9.17, 15) is 19.2 Å². The molecule has 0 bridgehead atoms. The lowest BCUT2D eigenvalue weighted by molar-refractivity contribution is -0.159. The summed E-state index contributed by atoms with van der Waals surface area (Å²) in [6.07, 6.45) is 4.79. The second-order valence-electron chi connectivity index (χ2n) is 8.19. The van der Waals surface area contributed by atoms with Gasteiger partial charge in [0.2, 0.25) is 11.8 Å². The summed E-state index contributed by atoms with van der Waals surface area (Å²) >= 11 is 11.8. The molecule has 1 saturated heterocycles. The Morgan fingerprint density at radius 1 is 0.971 bits per heavy atom. The van der Waals surface area contributed by atoms with E-state index in [4.69, 9.17) is 27.9 Å². The SMILES string of the molecule is O=C(COC(=O)[C@@H](Cc1ccccc1)N1C(=O)[C@H]2CC=CC[C@H]2C1=O)Nc1ccc(Cl)c(Cl)c1. The van der Waals surface area contributed by atoms with Crippen molar-refractivity contribution in [1.82, 2.24) is 4.90 Å². The molecule has 0 saturated carbocycles. The molecule has 9 heteroatoms. The van der Waals surface area contributed by atoms with Crippen LogP contribution in [0.5, 0.6) is 0 Å². The van der Waals surface area contributed by atoms with Gasteiger partial charge >= 0.3 is 5.97 Å². The largest absolute Gasteiger partial charge is 0.454 e. The van der Waals surface area contributed by atoms with E-state index in [0.29, 0.717) is 23.6 Å². The smallest absolute Gasteiger partial charge is 0.330 e. The van der Waals surface area contributed by atoms with E-state index >= 15 is 0 Å². The maximum Gasteiger partial charge on any atom is 0.330 e. The number of carbonyl (C=O) groups excluding carboxylic acids is 4. The average Bonchev–Trinajstić information content (AvgIpc) is 3.09. The monoisotopic (exact) mass is 500 g/mol. The zero-order valence-electron chi connectivity index (χ0n) is 18.1. The number of nitrogens with zero attached hydrogens (tertiary/aromatic N) is 1. The van der Waals surface area contributed by atoms with E-state index in [1.807, 2.05) is 18.2 Å². The second kappa shape index (κ2) is 10.4. The molecule has 1 N–H and O–H groups in total. The summed E-state index contributed by atoms with van der Waals surface area (Å²) in [5, 5.41) is 3.17. The Labute approximate surface area is 206 Å². The molecular formula is C25H22Cl2N2O5. The van der Waals surface area contributed by atoms with Gasteiger partial charge in [-0.05, 0) is 36.6 Å². The van der Waals surface area contributed by atoms with Crippen molar-refractivity contribution >= 4 is 52.6 Å². The molecule has 0 spiro atoms. The molecule has 0 unspecified atom stereocenters. The van der Waals surface area contributed by atoms with Gasteiger partial charge in [-0.25, -0.2) is 4.79 Å². The fourth-order valence-electron chi connectivity index (χ4n) is 4.25. The summed E-state index contributed by atoms with van der Waals surface area (Å²) in [5.41, 5.74) is 1.15. The third kappa shape index (κ3) is 5.16. The number of ether oxygens (including phenoxy) is 1. The van der Waals surface area contributed by atoms with Crippen LogP contribution in [0.4, 0.5) is 5.69 Å². The van der Waals surface area contributed by atoms with Crippen LogP contribution in [0.3, 0.4) is 0 Å². The fraction of sp³-hybridized carbons (Fsp3) is 0.280. The standard InChI is InChI=1S/C25H22Cl2N2O5/c26-19-11-10-16(13-20(19)27)28-22(30)14-34-25(33)21(12-15-6-2-1-3-7-15)29-23(31)17-8-4-5-9-18(17)24(29)32/h1-7,10-11,13,17-18,21H,8-9,12,14H2,(H,28,30)/t17-,18+,21-/m1/s1. The molecule has 0 aromatic heterocycles. The van der Waals surface area contributed by atoms with E-state index in [0.717, 1.165) is 10.5 Å². The molecule has 4 rings (SSSR count). The first-order chi connectivity index (χ1) is 16.3. The molecular weight excluding hydrogens is 479 g/mol. The number of hydrogen-bond donors (Lipinski definition) is 1. The Morgan fingerprint density at radius 3 is 2.24 bits per heavy atom. The summed E-state index contributed by atoms with van der Waals surface area (Å²) in [6.45, 7) is -0.588. The minimum absolute atomic E-state index is 0.0957. The van der Waals surface area contributed by atoms with Crippen molar-refractivity contribution in [3.63, 3.8) is 0 Å². The molecule has 3 amide bonds. The molecule has 176 valence electrons. The van der Waals surface area contributed by atoms with Gasteiger partial charge in [0, 0.05) is 12.1 Å². The summed E-state index contributed by atoms with van der Waals surface area (Å²) in [7, 11) is 0. The van der Waals surface area contributed by atoms with Crippen LogP contribution in [0.25, 0.3) is 0 Å². The van der Waals surface area contributed by atoms with Crippen LogP contribution in [0.2, 0.25) is 10.0 Å². The van der Waals surface area contributed by atoms with Crippen LogP contribution >= 0.6 is 23.2 Å². The number of benzene rings is 2. The van der Waals surface area contributed by atoms with Crippen molar-refractivity contribution < 1.29 is 23.9 Å². The molecule has 2 aromatic rings. The van der Waals surface area contributed by atoms with Crippen LogP contribution in [0.1, 0.15) is 18.4 Å². The van der Waals surface area contributed by atoms with E-state index in [2.05, 4.69) is 5.32 Å². The van der Waals surface area contributed by atoms with Crippen LogP contribution in [0, 0.1) is 11.8 Å². The summed E-state index contributed by atoms with van der Waals surface area (Å²) in [6, 6.07) is 12.4. The highest BCUT2D eigenvalue weighted by atomic mass is 35.5. The third-order valence-electron chi connectivity index (χ3n) is 5.95. The molecule has 7 nitrogen and oxygen atoms in total. The molecule has 1 aliphatic heterocycles. The van der Waals surface area contributed by atoms with Crippen molar-refractivity contribution in [2.75, 3.05) is 11.9 Å². The highest BCUT2D eigenvalue weighted by molar-refractivity contribution is 6.42. The van der Waals surface area contributed by atoms with Crippen molar-refractivity contribution in [2.24, 2.45) is 11.8 Å². The third-order valence-corrected chi connectivity index (χ3v) is 6.69. The number of amides is 3. The zero-order valence-corrected chi connectivity index (χ0v) is 19.6. The van der Waals surface area contributed by atoms with Crippen LogP contribution in [-0.4, -0.2) is 41.2 Å². The van der Waals surface area contributed by atoms with Gasteiger partial charge in [-0.3, -0.25) is 19.3 Å². The zero-order chi connectivity index (χ0) is 24.2. The molecule has 1 fully saturated rings. The number of fused-ring (bicyclic) bond motifs is 1. The maximum absolute atomic E-state index is 13.1. The number of esters is 1. The predicted octanol–water partition coefficient (Wildman–Crippen LogP) is 4.04. The van der Waals surface area contributed by atoms with E-state index < -0.39 is 36.4 Å². The lowest BCUT2D eigenvalue weighted by Crippen LogP contribution is -2.48. The van der Waals surface area contributed by atoms with Crippen molar-refractivity contribution in [3.8, 4) is 0 Å². The molecule has 1 aliphatic carbocycles. The number of rotatable bonds is 7. The van der Waals surface area contributed by atoms with Crippen molar-refractivity contribution in [3.05, 3.63) is 76.3 Å². The van der Waals surface area contributed by atoms with Crippen molar-refractivity contribution in [1.29, 1.82) is 0 Å². The number of anilines is 1. The lowest BCUT2D eigenvalue weighted by Gasteiger charge is -2.25. The first-order valence-corrected chi connectivity index (χ1v) is 11.6. The van der Waals surface area contributed by atoms with E-state index in [-0.39, 0.29) is 23.3 Å². The van der Waals surface area contributed by atoms with Gasteiger partial charge in [-0.2, -0.15) is 0 Å². The van der Waals surface area contributed by atoms with Gasteiger partial charge in [0.25, 0.3) is 5.91 Å². The summed E-state index contributed by atoms with van der Waals surface area (Å²) < 4.78 is 5.26. The first-order valence-electron chi connectivity index (χ1n) is 10.8. The predicted molar refractivity (Wildman–Crippen MR) is 127 cm³/mol. The van der Waals surface area contributed by atoms with Gasteiger partial charge in [0.05, 0.1) is 21.9 Å². The molecule has 3 atom stereocenters. The Bertz CT molecular complexity index is 1130. The van der Waals surface area contributed by atoms with Gasteiger partial charge in [0.1, 0.15) is 6.04 Å². The Kier molecular flexibility index (Phi) is 7.34. The average molecular weight is 501 g/mol. The normalized spacial score (nSPS) is 20.1. The summed E-state index contributed by atoms with van der Waals surface area (Å²) in [4.78, 5) is 52.6. The Hall–Kier alpha value is -3.16. The van der Waals surface area contributed by atoms with Gasteiger partial charge in [-0.1, -0.05) is 65.7 Å². The number of nitrogens with one attached hydrogen (secondary N) is 1. The minimum Gasteiger partial charge on any atom is -0.454 e. The maximum atomic E-state index is 13.1. The van der Waals surface area contributed by atoms with Gasteiger partial charge in [-0.15, -0.1) is 0 Å². The topological polar surface area (TPSA) is 92.8 Å². The number of allylic oxidation sites excluding steroid dienone is 2. The Balaban J connectivity index is 1.48. The summed E-state index contributed by atoms with van der Waals surface area (Å²) in [5.74, 6) is -3.11. The fourth-order valence-corrected chi connectivity index (χ4v) is 4.55. The molecule has 1 heterocycles. The number of carbonyl (C=O) groups is 4. The van der Waals surface area contributed by atoms with E-state index in [1.54, 1.807) is 30.3 Å². The lowest BCUT2D eigenvalue weighted by atomic mass is 9.85. The first kappa shape index (κ1) is 24.0. The highest BCUT2D eigenvalue weighted by Gasteiger charge is 2.51. The number of imide groups is 1. The molecule has 34 heavy (non-hydrogen) atoms. The number of hydrogen-bond acceptors (Lipinski definition) is 5. The van der Waals surface area contributed by atoms with Crippen LogP contribution in [0.15, 0.2) is 60.7 Å². The minimum atomic E-state index is -1.16. The molecule has 2 aliphatic rings. The number of likely N-dealkylation sites (tertiary alicyclic amines) is 1. The van der Waals surface area contributed by atoms with E-state index in [1.165, 1.54) is 12.1 Å². The molecule has 0 radical (unpaired) electrons. The number of halogens is 2. The van der Waals surface area contributed by atoms with Gasteiger partial charge < -0.3 is 10.1 Å². The van der Waals surface area contributed by atoms with Crippen molar-refractivity contribution in [2.45, 2.75) is 25.3 Å². The van der Waals surface area contributed by atoms with Gasteiger partial charge in [0.15, 0.2) is 6.61 Å². The molecule has 2 aromatic carbocycles. The van der Waals surface area contributed by atoms with Crippen LogP contribution in [-0.2, 0) is 30.3 Å².